The van der Waals surface area contributed by atoms with Gasteiger partial charge in [-0.05, 0) is 6.08 Å². The summed E-state index contributed by atoms with van der Waals surface area (Å²) in [6.07, 6.45) is 13.4. The van der Waals surface area contributed by atoms with E-state index in [1.807, 2.05) is 0 Å². The quantitative estimate of drug-likeness (QED) is 0.403. The maximum absolute atomic E-state index is 2.47. The first-order valence-electron chi connectivity index (χ1n) is 5.57. The summed E-state index contributed by atoms with van der Waals surface area (Å²) in [4.78, 5) is 0. The van der Waals surface area contributed by atoms with E-state index in [9.17, 15) is 0 Å². The Labute approximate surface area is 86.0 Å². The van der Waals surface area contributed by atoms with E-state index in [2.05, 4.69) is 44.5 Å². The number of quaternary nitrogens is 1. The molecular weight excluding hydrogens is 170 g/mol. The van der Waals surface area contributed by atoms with Crippen molar-refractivity contribution in [3.8, 4) is 0 Å². The number of rotatable bonds is 0. The van der Waals surface area contributed by atoms with Crippen LogP contribution in [0.2, 0.25) is 0 Å². The molecule has 0 N–H and O–H groups in total. The van der Waals surface area contributed by atoms with Gasteiger partial charge in [-0.25, -0.2) is 0 Å². The van der Waals surface area contributed by atoms with Gasteiger partial charge in [-0.1, -0.05) is 29.9 Å². The fraction of sp³-hybridized carbons (Fsp3) is 0.538. The van der Waals surface area contributed by atoms with Gasteiger partial charge in [-0.15, -0.1) is 0 Å². The number of allylic oxidation sites excluding steroid dienone is 3. The molecule has 1 nitrogen and oxygen atoms in total. The summed E-state index contributed by atoms with van der Waals surface area (Å²) in [7, 11) is 4.72. The van der Waals surface area contributed by atoms with Crippen molar-refractivity contribution >= 4 is 0 Å². The first-order chi connectivity index (χ1) is 6.67. The third-order valence-corrected chi connectivity index (χ3v) is 4.06. The van der Waals surface area contributed by atoms with Crippen molar-refractivity contribution in [2.24, 2.45) is 11.8 Å². The molecule has 74 valence electrons. The molecule has 1 saturated heterocycles. The summed E-state index contributed by atoms with van der Waals surface area (Å²) in [6.45, 7) is 1.29. The molecule has 1 fully saturated rings. The second-order valence-corrected chi connectivity index (χ2v) is 5.36. The number of hydrogen-bond donors (Lipinski definition) is 0. The Morgan fingerprint density at radius 1 is 1.14 bits per heavy atom. The third-order valence-electron chi connectivity index (χ3n) is 4.06. The fourth-order valence-corrected chi connectivity index (χ4v) is 3.08. The van der Waals surface area contributed by atoms with E-state index in [1.54, 1.807) is 5.57 Å². The molecule has 0 saturated carbocycles. The Bertz CT molecular complexity index is 346. The number of likely N-dealkylation sites (N-methyl/N-ethyl adjacent to an activating group) is 1. The van der Waals surface area contributed by atoms with Gasteiger partial charge < -0.3 is 4.48 Å². The van der Waals surface area contributed by atoms with E-state index in [4.69, 9.17) is 0 Å². The standard InChI is InChI=1S/C13H18N/c1-14(2)8-7-11-9-10-3-5-12(11)13(14)6-4-10/h3-6,9-10,12-13H,7-8H2,1-2H3/q+1/t10-,12+,13-/m0/s1. The van der Waals surface area contributed by atoms with Gasteiger partial charge in [0.15, 0.2) is 0 Å². The minimum atomic E-state index is 0.587. The first kappa shape index (κ1) is 8.49. The predicted molar refractivity (Wildman–Crippen MR) is 58.7 cm³/mol. The van der Waals surface area contributed by atoms with Crippen LogP contribution in [0.1, 0.15) is 6.42 Å². The van der Waals surface area contributed by atoms with E-state index in [0.717, 1.165) is 4.48 Å². The number of hydrogen-bond acceptors (Lipinski definition) is 0. The summed E-state index contributed by atoms with van der Waals surface area (Å²) in [5.74, 6) is 1.28. The van der Waals surface area contributed by atoms with Gasteiger partial charge in [0.2, 0.25) is 0 Å². The second kappa shape index (κ2) is 2.60. The lowest BCUT2D eigenvalue weighted by Crippen LogP contribution is -2.55. The lowest BCUT2D eigenvalue weighted by molar-refractivity contribution is -0.914. The molecular formula is C13H18N+. The largest absolute Gasteiger partial charge is 0.322 e. The highest BCUT2D eigenvalue weighted by Crippen LogP contribution is 2.39. The summed E-state index contributed by atoms with van der Waals surface area (Å²) < 4.78 is 1.15. The van der Waals surface area contributed by atoms with Crippen LogP contribution in [-0.2, 0) is 0 Å². The Morgan fingerprint density at radius 3 is 2.79 bits per heavy atom. The average molecular weight is 188 g/mol. The van der Waals surface area contributed by atoms with Gasteiger partial charge in [-0.3, -0.25) is 0 Å². The van der Waals surface area contributed by atoms with Crippen LogP contribution in [0.15, 0.2) is 36.0 Å². The zero-order valence-corrected chi connectivity index (χ0v) is 8.98. The van der Waals surface area contributed by atoms with Gasteiger partial charge >= 0.3 is 0 Å². The Hall–Kier alpha value is -0.820. The molecule has 0 amide bonds. The molecule has 0 spiro atoms. The third kappa shape index (κ3) is 1.05. The minimum Gasteiger partial charge on any atom is -0.322 e. The van der Waals surface area contributed by atoms with Crippen LogP contribution < -0.4 is 0 Å². The van der Waals surface area contributed by atoms with Gasteiger partial charge in [0.25, 0.3) is 0 Å². The lowest BCUT2D eigenvalue weighted by atomic mass is 9.81. The van der Waals surface area contributed by atoms with Crippen molar-refractivity contribution in [3.63, 3.8) is 0 Å². The maximum atomic E-state index is 2.47. The molecule has 1 heterocycles. The summed E-state index contributed by atoms with van der Waals surface area (Å²) in [5.41, 5.74) is 1.69. The normalized spacial score (nSPS) is 42.1. The van der Waals surface area contributed by atoms with Gasteiger partial charge in [0.05, 0.1) is 26.6 Å². The smallest absolute Gasteiger partial charge is 0.117 e. The molecule has 1 aliphatic heterocycles. The van der Waals surface area contributed by atoms with Gasteiger partial charge in [-0.2, -0.15) is 0 Å². The molecule has 4 bridgehead atoms. The summed E-state index contributed by atoms with van der Waals surface area (Å²) >= 11 is 0. The highest BCUT2D eigenvalue weighted by Gasteiger charge is 2.41. The molecule has 1 heteroatoms. The van der Waals surface area contributed by atoms with Crippen molar-refractivity contribution in [1.29, 1.82) is 0 Å². The van der Waals surface area contributed by atoms with Crippen molar-refractivity contribution in [2.75, 3.05) is 20.6 Å². The monoisotopic (exact) mass is 188 g/mol. The molecule has 4 rings (SSSR count). The highest BCUT2D eigenvalue weighted by molar-refractivity contribution is 5.33. The highest BCUT2D eigenvalue weighted by atomic mass is 15.3. The predicted octanol–water partition coefficient (Wildman–Crippen LogP) is 2.13. The van der Waals surface area contributed by atoms with Crippen LogP contribution in [0.3, 0.4) is 0 Å². The van der Waals surface area contributed by atoms with Crippen molar-refractivity contribution in [1.82, 2.24) is 0 Å². The van der Waals surface area contributed by atoms with E-state index in [1.165, 1.54) is 13.0 Å². The minimum absolute atomic E-state index is 0.587. The summed E-state index contributed by atoms with van der Waals surface area (Å²) in [6, 6.07) is 0.679. The number of likely N-dealkylation sites (tertiary alicyclic amines) is 1. The lowest BCUT2D eigenvalue weighted by Gasteiger charge is -2.45. The first-order valence-corrected chi connectivity index (χ1v) is 5.57. The van der Waals surface area contributed by atoms with Crippen LogP contribution >= 0.6 is 0 Å². The van der Waals surface area contributed by atoms with E-state index in [0.29, 0.717) is 17.9 Å². The van der Waals surface area contributed by atoms with Crippen LogP contribution in [0.4, 0.5) is 0 Å². The molecule has 0 aromatic heterocycles. The summed E-state index contributed by atoms with van der Waals surface area (Å²) in [5, 5.41) is 0. The topological polar surface area (TPSA) is 0 Å². The Morgan fingerprint density at radius 2 is 1.93 bits per heavy atom. The van der Waals surface area contributed by atoms with E-state index < -0.39 is 0 Å². The van der Waals surface area contributed by atoms with E-state index in [-0.39, 0.29) is 0 Å². The van der Waals surface area contributed by atoms with Crippen molar-refractivity contribution in [2.45, 2.75) is 12.5 Å². The average Bonchev–Trinajstić information content (AvgIpc) is 2.43. The fourth-order valence-electron chi connectivity index (χ4n) is 3.08. The molecule has 3 aliphatic carbocycles. The molecule has 14 heavy (non-hydrogen) atoms. The van der Waals surface area contributed by atoms with Gasteiger partial charge in [0.1, 0.15) is 6.04 Å². The Kier molecular flexibility index (Phi) is 1.58. The van der Waals surface area contributed by atoms with Crippen LogP contribution in [0.25, 0.3) is 0 Å². The molecule has 3 atom stereocenters. The molecule has 0 radical (unpaired) electrons. The molecule has 0 unspecified atom stereocenters. The zero-order valence-electron chi connectivity index (χ0n) is 8.98. The molecule has 0 aromatic carbocycles. The Balaban J connectivity index is 2.10. The number of nitrogens with zero attached hydrogens (tertiary/aromatic N) is 1. The van der Waals surface area contributed by atoms with Crippen LogP contribution in [0.5, 0.6) is 0 Å². The molecule has 0 aromatic rings. The van der Waals surface area contributed by atoms with Crippen molar-refractivity contribution < 1.29 is 4.48 Å². The number of piperidine rings is 1. The van der Waals surface area contributed by atoms with E-state index >= 15 is 0 Å². The molecule has 4 aliphatic rings. The SMILES string of the molecule is C[N+]1(C)CCC2=C[C@H]3C=C[C@H]2[C@@H]1C=C3. The zero-order chi connectivity index (χ0) is 9.76. The van der Waals surface area contributed by atoms with Crippen molar-refractivity contribution in [3.05, 3.63) is 36.0 Å². The van der Waals surface area contributed by atoms with Crippen LogP contribution in [0, 0.1) is 11.8 Å². The second-order valence-electron chi connectivity index (χ2n) is 5.36. The van der Waals surface area contributed by atoms with Crippen LogP contribution in [-0.4, -0.2) is 31.2 Å². The maximum Gasteiger partial charge on any atom is 0.117 e. The van der Waals surface area contributed by atoms with Gasteiger partial charge in [0, 0.05) is 12.3 Å².